The minimum Gasteiger partial charge on any atom is -0.337 e. The molecule has 0 saturated heterocycles. The molecule has 0 bridgehead atoms. The molecule has 0 aliphatic heterocycles. The summed E-state index contributed by atoms with van der Waals surface area (Å²) in [6.07, 6.45) is 0.728. The van der Waals surface area contributed by atoms with E-state index >= 15 is 0 Å². The molecular formula is C13H13BrN4O2. The van der Waals surface area contributed by atoms with E-state index in [9.17, 15) is 9.59 Å². The Hall–Kier alpha value is -2.15. The quantitative estimate of drug-likeness (QED) is 0.796. The molecule has 0 radical (unpaired) electrons. The third-order valence-electron chi connectivity index (χ3n) is 2.51. The van der Waals surface area contributed by atoms with Crippen LogP contribution in [0.15, 0.2) is 45.7 Å². The van der Waals surface area contributed by atoms with E-state index in [4.69, 9.17) is 0 Å². The van der Waals surface area contributed by atoms with Crippen molar-refractivity contribution in [3.8, 4) is 0 Å². The zero-order valence-corrected chi connectivity index (χ0v) is 12.1. The Balaban J connectivity index is 1.78. The summed E-state index contributed by atoms with van der Waals surface area (Å²) in [4.78, 5) is 22.4. The molecule has 0 aliphatic carbocycles. The molecule has 0 atom stereocenters. The lowest BCUT2D eigenvalue weighted by Gasteiger charge is -2.06. The van der Waals surface area contributed by atoms with Gasteiger partial charge in [0.25, 0.3) is 5.56 Å². The fraction of sp³-hybridized carbons (Fsp3) is 0.154. The first-order valence-corrected chi connectivity index (χ1v) is 6.78. The zero-order chi connectivity index (χ0) is 14.4. The second-order valence-corrected chi connectivity index (χ2v) is 4.98. The molecule has 2 amide bonds. The van der Waals surface area contributed by atoms with Crippen LogP contribution in [-0.2, 0) is 6.42 Å². The van der Waals surface area contributed by atoms with Crippen molar-refractivity contribution in [1.29, 1.82) is 0 Å². The van der Waals surface area contributed by atoms with E-state index in [-0.39, 0.29) is 11.6 Å². The maximum absolute atomic E-state index is 11.6. The molecule has 0 unspecified atom stereocenters. The maximum atomic E-state index is 11.6. The number of carbonyl (C=O) groups is 1. The van der Waals surface area contributed by atoms with Gasteiger partial charge in [0, 0.05) is 17.1 Å². The molecule has 104 valence electrons. The Bertz CT molecular complexity index is 636. The Kier molecular flexibility index (Phi) is 4.89. The highest BCUT2D eigenvalue weighted by atomic mass is 79.9. The van der Waals surface area contributed by atoms with Gasteiger partial charge in [0.05, 0.1) is 0 Å². The lowest BCUT2D eigenvalue weighted by molar-refractivity contribution is 0.252. The van der Waals surface area contributed by atoms with Gasteiger partial charge < -0.3 is 5.32 Å². The SMILES string of the molecule is O=C(NCCc1cccc(Br)c1)Nc1ccc(=O)[nH]n1. The minimum atomic E-state index is -0.362. The van der Waals surface area contributed by atoms with Crippen molar-refractivity contribution in [2.75, 3.05) is 11.9 Å². The van der Waals surface area contributed by atoms with Crippen molar-refractivity contribution < 1.29 is 4.79 Å². The molecule has 20 heavy (non-hydrogen) atoms. The van der Waals surface area contributed by atoms with Gasteiger partial charge in [-0.15, -0.1) is 0 Å². The van der Waals surface area contributed by atoms with Crippen LogP contribution in [-0.4, -0.2) is 22.8 Å². The number of halogens is 1. The number of nitrogens with zero attached hydrogens (tertiary/aromatic N) is 1. The Morgan fingerprint density at radius 2 is 2.15 bits per heavy atom. The Labute approximate surface area is 123 Å². The van der Waals surface area contributed by atoms with Crippen LogP contribution in [0.1, 0.15) is 5.56 Å². The smallest absolute Gasteiger partial charge is 0.320 e. The number of rotatable bonds is 4. The van der Waals surface area contributed by atoms with Gasteiger partial charge in [-0.05, 0) is 30.2 Å². The molecule has 0 spiro atoms. The van der Waals surface area contributed by atoms with Gasteiger partial charge in [-0.3, -0.25) is 10.1 Å². The van der Waals surface area contributed by atoms with Crippen molar-refractivity contribution in [1.82, 2.24) is 15.5 Å². The lowest BCUT2D eigenvalue weighted by atomic mass is 10.1. The van der Waals surface area contributed by atoms with Gasteiger partial charge in [0.15, 0.2) is 5.82 Å². The average molecular weight is 337 g/mol. The second kappa shape index (κ2) is 6.85. The number of urea groups is 1. The van der Waals surface area contributed by atoms with Crippen LogP contribution in [0.5, 0.6) is 0 Å². The van der Waals surface area contributed by atoms with Crippen molar-refractivity contribution in [2.24, 2.45) is 0 Å². The number of hydrogen-bond acceptors (Lipinski definition) is 3. The topological polar surface area (TPSA) is 86.9 Å². The molecule has 3 N–H and O–H groups in total. The van der Waals surface area contributed by atoms with Crippen LogP contribution in [0, 0.1) is 0 Å². The van der Waals surface area contributed by atoms with Crippen LogP contribution in [0.25, 0.3) is 0 Å². The van der Waals surface area contributed by atoms with Crippen LogP contribution >= 0.6 is 15.9 Å². The third-order valence-corrected chi connectivity index (χ3v) is 3.00. The number of aromatic amines is 1. The fourth-order valence-electron chi connectivity index (χ4n) is 1.59. The van der Waals surface area contributed by atoms with Crippen LogP contribution in [0.4, 0.5) is 10.6 Å². The van der Waals surface area contributed by atoms with E-state index in [1.54, 1.807) is 0 Å². The highest BCUT2D eigenvalue weighted by Crippen LogP contribution is 2.11. The first-order chi connectivity index (χ1) is 9.63. The monoisotopic (exact) mass is 336 g/mol. The lowest BCUT2D eigenvalue weighted by Crippen LogP contribution is -2.31. The van der Waals surface area contributed by atoms with Crippen LogP contribution < -0.4 is 16.2 Å². The molecule has 0 saturated carbocycles. The van der Waals surface area contributed by atoms with Gasteiger partial charge >= 0.3 is 6.03 Å². The number of H-pyrrole nitrogens is 1. The van der Waals surface area contributed by atoms with E-state index in [0.29, 0.717) is 12.4 Å². The molecule has 2 rings (SSSR count). The zero-order valence-electron chi connectivity index (χ0n) is 10.5. The van der Waals surface area contributed by atoms with Crippen molar-refractivity contribution in [2.45, 2.75) is 6.42 Å². The Morgan fingerprint density at radius 3 is 2.85 bits per heavy atom. The number of anilines is 1. The summed E-state index contributed by atoms with van der Waals surface area (Å²) in [6.45, 7) is 0.506. The summed E-state index contributed by atoms with van der Waals surface area (Å²) in [7, 11) is 0. The van der Waals surface area contributed by atoms with E-state index in [2.05, 4.69) is 36.8 Å². The molecule has 1 aromatic carbocycles. The number of aromatic nitrogens is 2. The highest BCUT2D eigenvalue weighted by Gasteiger charge is 2.02. The van der Waals surface area contributed by atoms with Gasteiger partial charge in [-0.2, -0.15) is 5.10 Å². The van der Waals surface area contributed by atoms with Gasteiger partial charge in [-0.1, -0.05) is 28.1 Å². The molecule has 0 fully saturated rings. The third kappa shape index (κ3) is 4.51. The number of hydrogen-bond donors (Lipinski definition) is 3. The van der Waals surface area contributed by atoms with Crippen molar-refractivity contribution in [3.05, 3.63) is 56.8 Å². The van der Waals surface area contributed by atoms with Crippen LogP contribution in [0.3, 0.4) is 0 Å². The molecule has 2 aromatic rings. The molecule has 1 aromatic heterocycles. The maximum Gasteiger partial charge on any atom is 0.320 e. The summed E-state index contributed by atoms with van der Waals surface area (Å²) >= 11 is 3.40. The standard InChI is InChI=1S/C13H13BrN4O2/c14-10-3-1-2-9(8-10)6-7-15-13(20)16-11-4-5-12(19)18-17-11/h1-5,8H,6-7H2,(H,18,19)(H2,15,16,17,20). The summed E-state index contributed by atoms with van der Waals surface area (Å²) in [6, 6.07) is 10.3. The minimum absolute atomic E-state index is 0.296. The predicted molar refractivity (Wildman–Crippen MR) is 79.7 cm³/mol. The van der Waals surface area contributed by atoms with E-state index in [0.717, 1.165) is 16.5 Å². The molecular weight excluding hydrogens is 324 g/mol. The number of nitrogens with one attached hydrogen (secondary N) is 3. The summed E-state index contributed by atoms with van der Waals surface area (Å²) < 4.78 is 1.01. The van der Waals surface area contributed by atoms with E-state index < -0.39 is 0 Å². The largest absolute Gasteiger partial charge is 0.337 e. The molecule has 1 heterocycles. The number of benzene rings is 1. The van der Waals surface area contributed by atoms with E-state index in [1.807, 2.05) is 24.3 Å². The first-order valence-electron chi connectivity index (χ1n) is 5.98. The number of amides is 2. The number of carbonyl (C=O) groups excluding carboxylic acids is 1. The van der Waals surface area contributed by atoms with Crippen molar-refractivity contribution >= 4 is 27.8 Å². The van der Waals surface area contributed by atoms with Gasteiger partial charge in [0.2, 0.25) is 0 Å². The van der Waals surface area contributed by atoms with Crippen LogP contribution in [0.2, 0.25) is 0 Å². The summed E-state index contributed by atoms with van der Waals surface area (Å²) in [5.41, 5.74) is 0.812. The molecule has 7 heteroatoms. The fourth-order valence-corrected chi connectivity index (χ4v) is 2.03. The second-order valence-electron chi connectivity index (χ2n) is 4.07. The first kappa shape index (κ1) is 14.3. The Morgan fingerprint density at radius 1 is 1.30 bits per heavy atom. The molecule has 6 nitrogen and oxygen atoms in total. The van der Waals surface area contributed by atoms with E-state index in [1.165, 1.54) is 12.1 Å². The predicted octanol–water partition coefficient (Wildman–Crippen LogP) is 1.90. The van der Waals surface area contributed by atoms with Gasteiger partial charge in [0.1, 0.15) is 0 Å². The normalized spacial score (nSPS) is 10.1. The summed E-state index contributed by atoms with van der Waals surface area (Å²) in [5, 5.41) is 11.2. The summed E-state index contributed by atoms with van der Waals surface area (Å²) in [5.74, 6) is 0.296. The molecule has 0 aliphatic rings. The highest BCUT2D eigenvalue weighted by molar-refractivity contribution is 9.10. The van der Waals surface area contributed by atoms with Gasteiger partial charge in [-0.25, -0.2) is 9.89 Å². The average Bonchev–Trinajstić information content (AvgIpc) is 2.41. The van der Waals surface area contributed by atoms with Crippen molar-refractivity contribution in [3.63, 3.8) is 0 Å².